The molecule has 0 aromatic carbocycles. The van der Waals surface area contributed by atoms with Gasteiger partial charge in [0.15, 0.2) is 0 Å². The predicted molar refractivity (Wildman–Crippen MR) is 129 cm³/mol. The average Bonchev–Trinajstić information content (AvgIpc) is 3.50. The molecular weight excluding hydrogens is 424 g/mol. The maximum absolute atomic E-state index is 12.9. The molecule has 5 nitrogen and oxygen atoms in total. The molecule has 0 saturated carbocycles. The standard InChI is InChI=1S/C24H26N4OS2/c1-5-15(2)26-23(29)20-11-22(28(17(20)4)13-19-7-6-10-30-19)21-14-31-24(27-21)18-9-8-16(3)25-12-18/h6-12,14-15H,5,13H2,1-4H3,(H,26,29). The number of aryl methyl sites for hydroxylation is 1. The number of aromatic nitrogens is 3. The summed E-state index contributed by atoms with van der Waals surface area (Å²) in [6.45, 7) is 8.80. The fourth-order valence-electron chi connectivity index (χ4n) is 3.37. The van der Waals surface area contributed by atoms with E-state index in [1.54, 1.807) is 22.7 Å². The summed E-state index contributed by atoms with van der Waals surface area (Å²) in [5.41, 5.74) is 5.49. The van der Waals surface area contributed by atoms with Gasteiger partial charge in [-0.3, -0.25) is 9.78 Å². The van der Waals surface area contributed by atoms with Crippen molar-refractivity contribution in [2.45, 2.75) is 46.7 Å². The van der Waals surface area contributed by atoms with Gasteiger partial charge in [-0.05, 0) is 56.8 Å². The van der Waals surface area contributed by atoms with Crippen molar-refractivity contribution in [2.24, 2.45) is 0 Å². The first-order valence-corrected chi connectivity index (χ1v) is 12.1. The van der Waals surface area contributed by atoms with Crippen LogP contribution in [0.4, 0.5) is 0 Å². The molecule has 4 aromatic heterocycles. The summed E-state index contributed by atoms with van der Waals surface area (Å²) in [5.74, 6) is -0.0313. The van der Waals surface area contributed by atoms with Gasteiger partial charge in [0, 0.05) is 39.4 Å². The van der Waals surface area contributed by atoms with Crippen LogP contribution in [0.3, 0.4) is 0 Å². The van der Waals surface area contributed by atoms with Crippen LogP contribution in [0.5, 0.6) is 0 Å². The van der Waals surface area contributed by atoms with Crippen LogP contribution in [0.1, 0.15) is 46.9 Å². The van der Waals surface area contributed by atoms with E-state index in [1.807, 2.05) is 45.2 Å². The predicted octanol–water partition coefficient (Wildman–Crippen LogP) is 5.93. The third-order valence-corrected chi connectivity index (χ3v) is 7.17. The summed E-state index contributed by atoms with van der Waals surface area (Å²) in [7, 11) is 0. The molecule has 1 N–H and O–H groups in total. The Hall–Kier alpha value is -2.77. The maximum Gasteiger partial charge on any atom is 0.253 e. The Morgan fingerprint density at radius 2 is 2.06 bits per heavy atom. The van der Waals surface area contributed by atoms with Gasteiger partial charge in [-0.25, -0.2) is 4.98 Å². The number of hydrogen-bond acceptors (Lipinski definition) is 5. The normalized spacial score (nSPS) is 12.1. The van der Waals surface area contributed by atoms with Gasteiger partial charge in [0.25, 0.3) is 5.91 Å². The lowest BCUT2D eigenvalue weighted by Crippen LogP contribution is -2.32. The van der Waals surface area contributed by atoms with E-state index in [0.717, 1.165) is 39.8 Å². The van der Waals surface area contributed by atoms with Gasteiger partial charge < -0.3 is 9.88 Å². The molecule has 0 saturated heterocycles. The van der Waals surface area contributed by atoms with E-state index in [2.05, 4.69) is 44.7 Å². The first-order chi connectivity index (χ1) is 15.0. The molecule has 4 aromatic rings. The summed E-state index contributed by atoms with van der Waals surface area (Å²) in [6.07, 6.45) is 2.76. The van der Waals surface area contributed by atoms with Crippen LogP contribution in [0.15, 0.2) is 47.3 Å². The van der Waals surface area contributed by atoms with Crippen LogP contribution in [0.2, 0.25) is 0 Å². The van der Waals surface area contributed by atoms with Gasteiger partial charge in [0.05, 0.1) is 23.5 Å². The van der Waals surface area contributed by atoms with E-state index in [1.165, 1.54) is 4.88 Å². The van der Waals surface area contributed by atoms with Crippen LogP contribution >= 0.6 is 22.7 Å². The summed E-state index contributed by atoms with van der Waals surface area (Å²) in [4.78, 5) is 23.5. The molecule has 0 spiro atoms. The topological polar surface area (TPSA) is 59.8 Å². The van der Waals surface area contributed by atoms with E-state index in [9.17, 15) is 4.79 Å². The average molecular weight is 451 g/mol. The minimum Gasteiger partial charge on any atom is -0.350 e. The van der Waals surface area contributed by atoms with Crippen molar-refractivity contribution < 1.29 is 4.79 Å². The Morgan fingerprint density at radius 1 is 1.23 bits per heavy atom. The monoisotopic (exact) mass is 450 g/mol. The molecule has 4 heterocycles. The number of thiazole rings is 1. The van der Waals surface area contributed by atoms with Crippen molar-refractivity contribution in [1.82, 2.24) is 19.9 Å². The van der Waals surface area contributed by atoms with Crippen LogP contribution in [-0.2, 0) is 6.54 Å². The molecule has 1 amide bonds. The van der Waals surface area contributed by atoms with Gasteiger partial charge in [0.1, 0.15) is 5.01 Å². The molecule has 0 bridgehead atoms. The largest absolute Gasteiger partial charge is 0.350 e. The van der Waals surface area contributed by atoms with E-state index in [0.29, 0.717) is 12.1 Å². The number of carbonyl (C=O) groups is 1. The number of amides is 1. The Kier molecular flexibility index (Phi) is 6.34. The number of carbonyl (C=O) groups excluding carboxylic acids is 1. The maximum atomic E-state index is 12.9. The molecule has 7 heteroatoms. The van der Waals surface area contributed by atoms with Gasteiger partial charge >= 0.3 is 0 Å². The highest BCUT2D eigenvalue weighted by molar-refractivity contribution is 7.13. The van der Waals surface area contributed by atoms with E-state index in [-0.39, 0.29) is 11.9 Å². The Balaban J connectivity index is 1.74. The van der Waals surface area contributed by atoms with Gasteiger partial charge in [-0.2, -0.15) is 0 Å². The van der Waals surface area contributed by atoms with E-state index in [4.69, 9.17) is 4.98 Å². The summed E-state index contributed by atoms with van der Waals surface area (Å²) in [5, 5.41) is 8.16. The second kappa shape index (κ2) is 9.16. The number of nitrogens with one attached hydrogen (secondary N) is 1. The molecule has 0 radical (unpaired) electrons. The molecular formula is C24H26N4OS2. The number of nitrogens with zero attached hydrogens (tertiary/aromatic N) is 3. The Labute approximate surface area is 190 Å². The Morgan fingerprint density at radius 3 is 2.74 bits per heavy atom. The van der Waals surface area contributed by atoms with Crippen molar-refractivity contribution in [1.29, 1.82) is 0 Å². The Bertz CT molecular complexity index is 1170. The lowest BCUT2D eigenvalue weighted by atomic mass is 10.2. The number of thiophene rings is 1. The van der Waals surface area contributed by atoms with Gasteiger partial charge in [0.2, 0.25) is 0 Å². The third-order valence-electron chi connectivity index (χ3n) is 5.42. The minimum atomic E-state index is -0.0313. The van der Waals surface area contributed by atoms with E-state index < -0.39 is 0 Å². The zero-order valence-electron chi connectivity index (χ0n) is 18.2. The summed E-state index contributed by atoms with van der Waals surface area (Å²) in [6, 6.07) is 10.3. The molecule has 31 heavy (non-hydrogen) atoms. The fourth-order valence-corrected chi connectivity index (χ4v) is 4.87. The summed E-state index contributed by atoms with van der Waals surface area (Å²) >= 11 is 3.31. The van der Waals surface area contributed by atoms with Crippen molar-refractivity contribution in [2.75, 3.05) is 0 Å². The molecule has 1 unspecified atom stereocenters. The molecule has 160 valence electrons. The molecule has 4 rings (SSSR count). The molecule has 0 aliphatic heterocycles. The van der Waals surface area contributed by atoms with Crippen LogP contribution in [0.25, 0.3) is 22.0 Å². The van der Waals surface area contributed by atoms with Crippen molar-refractivity contribution in [3.05, 3.63) is 69.1 Å². The first-order valence-electron chi connectivity index (χ1n) is 10.4. The minimum absolute atomic E-state index is 0.0313. The molecule has 0 fully saturated rings. The quantitative estimate of drug-likeness (QED) is 0.380. The zero-order chi connectivity index (χ0) is 22.0. The molecule has 0 aliphatic carbocycles. The number of pyridine rings is 1. The second-order valence-corrected chi connectivity index (χ2v) is 9.59. The summed E-state index contributed by atoms with van der Waals surface area (Å²) < 4.78 is 2.20. The highest BCUT2D eigenvalue weighted by Crippen LogP contribution is 2.32. The van der Waals surface area contributed by atoms with Crippen LogP contribution in [-0.4, -0.2) is 26.5 Å². The molecule has 0 aliphatic rings. The van der Waals surface area contributed by atoms with Gasteiger partial charge in [-0.15, -0.1) is 22.7 Å². The van der Waals surface area contributed by atoms with Crippen molar-refractivity contribution >= 4 is 28.6 Å². The highest BCUT2D eigenvalue weighted by atomic mass is 32.1. The smallest absolute Gasteiger partial charge is 0.253 e. The van der Waals surface area contributed by atoms with E-state index >= 15 is 0 Å². The highest BCUT2D eigenvalue weighted by Gasteiger charge is 2.21. The number of hydrogen-bond donors (Lipinski definition) is 1. The second-order valence-electron chi connectivity index (χ2n) is 7.70. The SMILES string of the molecule is CCC(C)NC(=O)c1cc(-c2csc(-c3ccc(C)nc3)n2)n(Cc2cccs2)c1C. The van der Waals surface area contributed by atoms with Gasteiger partial charge in [-0.1, -0.05) is 13.0 Å². The third kappa shape index (κ3) is 4.62. The molecule has 1 atom stereocenters. The lowest BCUT2D eigenvalue weighted by Gasteiger charge is -2.12. The van der Waals surface area contributed by atoms with Crippen molar-refractivity contribution in [3.63, 3.8) is 0 Å². The van der Waals surface area contributed by atoms with Crippen molar-refractivity contribution in [3.8, 4) is 22.0 Å². The van der Waals surface area contributed by atoms with Crippen LogP contribution < -0.4 is 5.32 Å². The number of rotatable bonds is 7. The lowest BCUT2D eigenvalue weighted by molar-refractivity contribution is 0.0938. The fraction of sp³-hybridized carbons (Fsp3) is 0.292. The first kappa shape index (κ1) is 21.5. The van der Waals surface area contributed by atoms with Crippen LogP contribution in [0, 0.1) is 13.8 Å². The zero-order valence-corrected chi connectivity index (χ0v) is 19.8.